The fourth-order valence-electron chi connectivity index (χ4n) is 3.95. The van der Waals surface area contributed by atoms with Crippen LogP contribution in [0.5, 0.6) is 0 Å². The molecule has 34 heavy (non-hydrogen) atoms. The minimum Gasteiger partial charge on any atom is -0.353 e. The van der Waals surface area contributed by atoms with Gasteiger partial charge in [0.05, 0.1) is 13.0 Å². The lowest BCUT2D eigenvalue weighted by molar-refractivity contribution is -0.148. The minimum atomic E-state index is -2.69. The van der Waals surface area contributed by atoms with Crippen LogP contribution in [0.15, 0.2) is 24.3 Å². The Hall–Kier alpha value is -3.31. The van der Waals surface area contributed by atoms with Crippen LogP contribution in [-0.2, 0) is 16.1 Å². The molecule has 0 bridgehead atoms. The molecule has 1 aromatic carbocycles. The highest BCUT2D eigenvalue weighted by Gasteiger charge is 2.38. The topological polar surface area (TPSA) is 124 Å². The molecule has 3 N–H and O–H groups in total. The van der Waals surface area contributed by atoms with E-state index in [1.807, 2.05) is 22.5 Å². The van der Waals surface area contributed by atoms with Crippen molar-refractivity contribution in [3.63, 3.8) is 0 Å². The third-order valence-electron chi connectivity index (χ3n) is 5.79. The summed E-state index contributed by atoms with van der Waals surface area (Å²) in [5.41, 5.74) is 1.42. The number of nitrogens with zero attached hydrogens (tertiary/aromatic N) is 3. The number of thiazole rings is 1. The summed E-state index contributed by atoms with van der Waals surface area (Å²) in [5, 5.41) is 10.3. The van der Waals surface area contributed by atoms with E-state index < -0.39 is 42.5 Å². The van der Waals surface area contributed by atoms with Gasteiger partial charge in [-0.2, -0.15) is 0 Å². The lowest BCUT2D eigenvalue weighted by Gasteiger charge is -2.28. The van der Waals surface area contributed by atoms with E-state index in [2.05, 4.69) is 15.6 Å². The average molecular weight is 489 g/mol. The Balaban J connectivity index is 1.44. The van der Waals surface area contributed by atoms with E-state index in [1.54, 1.807) is 19.1 Å². The molecule has 2 atom stereocenters. The zero-order valence-corrected chi connectivity index (χ0v) is 19.6. The van der Waals surface area contributed by atoms with Crippen molar-refractivity contribution in [3.8, 4) is 0 Å². The first-order valence-corrected chi connectivity index (χ1v) is 11.7. The quantitative estimate of drug-likeness (QED) is 0.557. The fourth-order valence-corrected chi connectivity index (χ4v) is 4.82. The maximum Gasteiger partial charge on any atom is 0.280 e. The van der Waals surface area contributed by atoms with E-state index in [0.29, 0.717) is 25.2 Å². The van der Waals surface area contributed by atoms with Crippen molar-refractivity contribution in [3.05, 3.63) is 51.0 Å². The highest BCUT2D eigenvalue weighted by Crippen LogP contribution is 2.29. The summed E-state index contributed by atoms with van der Waals surface area (Å²) in [6, 6.07) is 5.04. The van der Waals surface area contributed by atoms with Crippen molar-refractivity contribution in [1.82, 2.24) is 31.0 Å². The summed E-state index contributed by atoms with van der Waals surface area (Å²) in [6.45, 7) is 1.88. The fraction of sp³-hybridized carbons (Fsp3) is 0.435. The number of hydrogen-bond donors (Lipinski definition) is 3. The standard InChI is InChI=1S/C23H28N6O4S/c1-13(11-25-20(31)18-14(2)26-22(34-18)21(32)24-3)19(30)27-17-16-8-5-4-7-15(16)12-28-9-6-10-29(28)23(17)33/h4-5,7-8,13,17H,6,9-12H2,1-3H3,(H,24,32)(H,25,31)(H,27,30)/t13-,17-/m1/s1/i3D3,17D. The molecule has 11 heteroatoms. The van der Waals surface area contributed by atoms with Crippen molar-refractivity contribution in [2.24, 2.45) is 5.92 Å². The van der Waals surface area contributed by atoms with Gasteiger partial charge < -0.3 is 16.0 Å². The summed E-state index contributed by atoms with van der Waals surface area (Å²) in [7, 11) is 0. The maximum atomic E-state index is 13.4. The second-order valence-electron chi connectivity index (χ2n) is 8.19. The Kier molecular flexibility index (Phi) is 5.54. The summed E-state index contributed by atoms with van der Waals surface area (Å²) >= 11 is 0.737. The average Bonchev–Trinajstić information content (AvgIpc) is 3.45. The zero-order chi connectivity index (χ0) is 27.8. The van der Waals surface area contributed by atoms with Gasteiger partial charge in [0.1, 0.15) is 10.9 Å². The van der Waals surface area contributed by atoms with Crippen LogP contribution in [0.1, 0.15) is 61.1 Å². The smallest absolute Gasteiger partial charge is 0.280 e. The first-order valence-electron chi connectivity index (χ1n) is 12.9. The molecule has 3 heterocycles. The molecule has 0 radical (unpaired) electrons. The van der Waals surface area contributed by atoms with Gasteiger partial charge in [-0.05, 0) is 24.5 Å². The number of benzene rings is 1. The number of aryl methyl sites for hydroxylation is 1. The Morgan fingerprint density at radius 3 is 2.88 bits per heavy atom. The van der Waals surface area contributed by atoms with E-state index in [-0.39, 0.29) is 22.1 Å². The first-order chi connectivity index (χ1) is 17.8. The number of carbonyl (C=O) groups is 4. The summed E-state index contributed by atoms with van der Waals surface area (Å²) in [5.74, 6) is -3.43. The van der Waals surface area contributed by atoms with Crippen LogP contribution in [0.4, 0.5) is 0 Å². The highest BCUT2D eigenvalue weighted by molar-refractivity contribution is 7.15. The van der Waals surface area contributed by atoms with E-state index in [4.69, 9.17) is 5.48 Å². The summed E-state index contributed by atoms with van der Waals surface area (Å²) < 4.78 is 30.5. The van der Waals surface area contributed by atoms with Crippen LogP contribution >= 0.6 is 11.3 Å². The number of nitrogens with one attached hydrogen (secondary N) is 3. The number of aromatic nitrogens is 1. The molecule has 2 aromatic rings. The predicted molar refractivity (Wildman–Crippen MR) is 126 cm³/mol. The Bertz CT molecular complexity index is 1280. The van der Waals surface area contributed by atoms with Gasteiger partial charge in [0, 0.05) is 37.3 Å². The molecule has 4 amide bonds. The molecule has 0 saturated carbocycles. The molecule has 0 spiro atoms. The number of amides is 4. The van der Waals surface area contributed by atoms with Crippen LogP contribution in [0, 0.1) is 12.8 Å². The molecule has 2 aliphatic heterocycles. The Morgan fingerprint density at radius 1 is 1.29 bits per heavy atom. The SMILES string of the molecule is [2H]C([2H])([2H])NC(=O)c1nc(C)c(C(=O)NC[C@@H](C)C(=O)N[C@@]2([2H])C(=O)N3CCCN3Cc3ccccc32)s1. The van der Waals surface area contributed by atoms with Crippen LogP contribution in [0.25, 0.3) is 0 Å². The van der Waals surface area contributed by atoms with E-state index in [0.717, 1.165) is 23.3 Å². The number of fused-ring (bicyclic) bond motifs is 2. The van der Waals surface area contributed by atoms with Gasteiger partial charge in [-0.3, -0.25) is 24.2 Å². The van der Waals surface area contributed by atoms with E-state index in [9.17, 15) is 19.2 Å². The molecule has 0 aliphatic carbocycles. The summed E-state index contributed by atoms with van der Waals surface area (Å²) in [4.78, 5) is 55.5. The van der Waals surface area contributed by atoms with Gasteiger partial charge in [0.25, 0.3) is 17.7 Å². The van der Waals surface area contributed by atoms with Crippen LogP contribution in [-0.4, -0.2) is 65.2 Å². The van der Waals surface area contributed by atoms with Crippen LogP contribution in [0.2, 0.25) is 0 Å². The molecular weight excluding hydrogens is 456 g/mol. The minimum absolute atomic E-state index is 0.104. The van der Waals surface area contributed by atoms with Gasteiger partial charge in [0.15, 0.2) is 5.01 Å². The first kappa shape index (κ1) is 19.0. The van der Waals surface area contributed by atoms with Crippen molar-refractivity contribution in [2.45, 2.75) is 32.8 Å². The van der Waals surface area contributed by atoms with E-state index >= 15 is 0 Å². The van der Waals surface area contributed by atoms with Gasteiger partial charge in [-0.15, -0.1) is 11.3 Å². The Morgan fingerprint density at radius 2 is 2.09 bits per heavy atom. The molecule has 10 nitrogen and oxygen atoms in total. The largest absolute Gasteiger partial charge is 0.353 e. The van der Waals surface area contributed by atoms with Gasteiger partial charge in [-0.25, -0.2) is 9.99 Å². The lowest BCUT2D eigenvalue weighted by Crippen LogP contribution is -2.47. The van der Waals surface area contributed by atoms with Crippen molar-refractivity contribution >= 4 is 35.0 Å². The Labute approximate surface area is 207 Å². The van der Waals surface area contributed by atoms with Crippen LogP contribution < -0.4 is 16.0 Å². The van der Waals surface area contributed by atoms with E-state index in [1.165, 1.54) is 11.9 Å². The van der Waals surface area contributed by atoms with Crippen molar-refractivity contribution in [2.75, 3.05) is 26.6 Å². The lowest BCUT2D eigenvalue weighted by atomic mass is 9.99. The van der Waals surface area contributed by atoms with Gasteiger partial charge in [-0.1, -0.05) is 31.2 Å². The van der Waals surface area contributed by atoms with Gasteiger partial charge >= 0.3 is 0 Å². The molecule has 1 fully saturated rings. The van der Waals surface area contributed by atoms with Crippen molar-refractivity contribution < 1.29 is 24.7 Å². The zero-order valence-electron chi connectivity index (χ0n) is 22.8. The second-order valence-corrected chi connectivity index (χ2v) is 9.19. The highest BCUT2D eigenvalue weighted by atomic mass is 32.1. The molecule has 1 aromatic heterocycles. The third kappa shape index (κ3) is 4.66. The molecule has 180 valence electrons. The third-order valence-corrected chi connectivity index (χ3v) is 6.95. The summed E-state index contributed by atoms with van der Waals surface area (Å²) in [6.07, 6.45) is 0.775. The monoisotopic (exact) mass is 488 g/mol. The number of hydrogen-bond acceptors (Lipinski definition) is 7. The molecule has 0 unspecified atom stereocenters. The van der Waals surface area contributed by atoms with Crippen LogP contribution in [0.3, 0.4) is 0 Å². The van der Waals surface area contributed by atoms with Gasteiger partial charge in [0.2, 0.25) is 5.91 Å². The predicted octanol–water partition coefficient (Wildman–Crippen LogP) is 0.997. The second kappa shape index (κ2) is 9.90. The normalized spacial score (nSPS) is 22.8. The number of hydrazine groups is 1. The maximum absolute atomic E-state index is 13.4. The molecular formula is C23H28N6O4S. The number of carbonyl (C=O) groups excluding carboxylic acids is 4. The number of rotatable bonds is 6. The molecule has 2 aliphatic rings. The van der Waals surface area contributed by atoms with Crippen molar-refractivity contribution in [1.29, 1.82) is 0 Å². The molecule has 4 rings (SSSR count). The molecule has 1 saturated heterocycles.